The molecule has 1 atom stereocenters. The number of thiophene rings is 1. The summed E-state index contributed by atoms with van der Waals surface area (Å²) in [6.07, 6.45) is -4.69. The summed E-state index contributed by atoms with van der Waals surface area (Å²) in [5, 5.41) is 4.88. The highest BCUT2D eigenvalue weighted by atomic mass is 32.1. The van der Waals surface area contributed by atoms with Gasteiger partial charge in [0.1, 0.15) is 5.82 Å². The Labute approximate surface area is 124 Å². The summed E-state index contributed by atoms with van der Waals surface area (Å²) in [5.41, 5.74) is -0.433. The molecule has 1 N–H and O–H groups in total. The monoisotopic (exact) mass is 317 g/mol. The van der Waals surface area contributed by atoms with Crippen molar-refractivity contribution >= 4 is 11.3 Å². The quantitative estimate of drug-likeness (QED) is 0.790. The van der Waals surface area contributed by atoms with E-state index in [1.807, 2.05) is 25.3 Å². The molecule has 0 saturated carbocycles. The van der Waals surface area contributed by atoms with E-state index in [9.17, 15) is 17.6 Å². The second kappa shape index (κ2) is 6.15. The summed E-state index contributed by atoms with van der Waals surface area (Å²) in [6.45, 7) is 4.26. The maximum atomic E-state index is 14.3. The van der Waals surface area contributed by atoms with Crippen LogP contribution in [0.4, 0.5) is 17.6 Å². The summed E-state index contributed by atoms with van der Waals surface area (Å²) >= 11 is 1.48. The van der Waals surface area contributed by atoms with Crippen LogP contribution in [0.3, 0.4) is 0 Å². The van der Waals surface area contributed by atoms with Gasteiger partial charge in [-0.25, -0.2) is 4.39 Å². The van der Waals surface area contributed by atoms with Crippen LogP contribution in [-0.4, -0.2) is 6.54 Å². The summed E-state index contributed by atoms with van der Waals surface area (Å²) in [7, 11) is 0. The minimum atomic E-state index is -4.69. The smallest absolute Gasteiger partial charge is 0.306 e. The maximum absolute atomic E-state index is 14.3. The summed E-state index contributed by atoms with van der Waals surface area (Å²) < 4.78 is 52.8. The lowest BCUT2D eigenvalue weighted by Crippen LogP contribution is -2.23. The van der Waals surface area contributed by atoms with Gasteiger partial charge in [-0.3, -0.25) is 0 Å². The fraction of sp³-hybridized carbons (Fsp3) is 0.333. The van der Waals surface area contributed by atoms with E-state index in [0.29, 0.717) is 6.54 Å². The van der Waals surface area contributed by atoms with Crippen LogP contribution in [0.15, 0.2) is 29.6 Å². The fourth-order valence-corrected chi connectivity index (χ4v) is 2.95. The van der Waals surface area contributed by atoms with Crippen LogP contribution in [0.2, 0.25) is 0 Å². The third-order valence-corrected chi connectivity index (χ3v) is 4.02. The molecule has 114 valence electrons. The molecule has 0 fully saturated rings. The van der Waals surface area contributed by atoms with Crippen molar-refractivity contribution in [3.63, 3.8) is 0 Å². The molecule has 0 bridgehead atoms. The number of nitrogens with one attached hydrogen (secondary N) is 1. The van der Waals surface area contributed by atoms with Crippen molar-refractivity contribution in [3.8, 4) is 0 Å². The van der Waals surface area contributed by atoms with Crippen LogP contribution in [-0.2, 0) is 6.18 Å². The third kappa shape index (κ3) is 3.44. The zero-order valence-corrected chi connectivity index (χ0v) is 12.4. The maximum Gasteiger partial charge on any atom is 0.419 e. The standard InChI is InChI=1S/C15H15F4NS/c1-3-20-14(10-7-9(2)21-8-10)11-5-4-6-12(13(11)16)15(17,18)19/h4-8,14,20H,3H2,1-2H3. The van der Waals surface area contributed by atoms with Crippen LogP contribution >= 0.6 is 11.3 Å². The van der Waals surface area contributed by atoms with Gasteiger partial charge in [0.25, 0.3) is 0 Å². The predicted octanol–water partition coefficient (Wildman–Crippen LogP) is 4.91. The average molecular weight is 317 g/mol. The Morgan fingerprint density at radius 1 is 1.29 bits per heavy atom. The molecule has 0 saturated heterocycles. The van der Waals surface area contributed by atoms with Gasteiger partial charge in [0.05, 0.1) is 11.6 Å². The molecule has 21 heavy (non-hydrogen) atoms. The van der Waals surface area contributed by atoms with Gasteiger partial charge in [0, 0.05) is 10.4 Å². The van der Waals surface area contributed by atoms with Crippen LogP contribution < -0.4 is 5.32 Å². The van der Waals surface area contributed by atoms with E-state index in [1.54, 1.807) is 0 Å². The molecule has 6 heteroatoms. The molecule has 1 heterocycles. The zero-order chi connectivity index (χ0) is 15.6. The number of aryl methyl sites for hydroxylation is 1. The predicted molar refractivity (Wildman–Crippen MR) is 76.0 cm³/mol. The second-order valence-corrected chi connectivity index (χ2v) is 5.80. The third-order valence-electron chi connectivity index (χ3n) is 3.14. The number of benzene rings is 1. The molecule has 0 aliphatic carbocycles. The van der Waals surface area contributed by atoms with Crippen molar-refractivity contribution in [2.75, 3.05) is 6.54 Å². The first kappa shape index (κ1) is 16.0. The second-order valence-electron chi connectivity index (χ2n) is 4.69. The highest BCUT2D eigenvalue weighted by molar-refractivity contribution is 7.10. The van der Waals surface area contributed by atoms with Crippen molar-refractivity contribution in [3.05, 3.63) is 57.0 Å². The van der Waals surface area contributed by atoms with Crippen LogP contribution in [0.1, 0.15) is 34.5 Å². The highest BCUT2D eigenvalue weighted by Gasteiger charge is 2.35. The molecule has 1 nitrogen and oxygen atoms in total. The van der Waals surface area contributed by atoms with Crippen molar-refractivity contribution in [2.24, 2.45) is 0 Å². The molecular weight excluding hydrogens is 302 g/mol. The van der Waals surface area contributed by atoms with E-state index in [0.717, 1.165) is 16.5 Å². The summed E-state index contributed by atoms with van der Waals surface area (Å²) in [6, 6.07) is 4.68. The highest BCUT2D eigenvalue weighted by Crippen LogP contribution is 2.36. The Hall–Kier alpha value is -1.40. The molecule has 1 unspecified atom stereocenters. The Bertz CT molecular complexity index is 618. The SMILES string of the molecule is CCNC(c1csc(C)c1)c1cccc(C(F)(F)F)c1F. The lowest BCUT2D eigenvalue weighted by molar-refractivity contribution is -0.140. The van der Waals surface area contributed by atoms with Crippen molar-refractivity contribution in [1.82, 2.24) is 5.32 Å². The molecule has 0 amide bonds. The molecule has 2 aromatic rings. The Balaban J connectivity index is 2.51. The summed E-state index contributed by atoms with van der Waals surface area (Å²) in [4.78, 5) is 1.03. The van der Waals surface area contributed by atoms with E-state index >= 15 is 0 Å². The number of rotatable bonds is 4. The Morgan fingerprint density at radius 3 is 2.52 bits per heavy atom. The average Bonchev–Trinajstić information content (AvgIpc) is 2.82. The number of halogens is 4. The zero-order valence-electron chi connectivity index (χ0n) is 11.6. The number of alkyl halides is 3. The Morgan fingerprint density at radius 2 is 2.00 bits per heavy atom. The summed E-state index contributed by atoms with van der Waals surface area (Å²) in [5.74, 6) is -1.21. The van der Waals surface area contributed by atoms with Crippen LogP contribution in [0, 0.1) is 12.7 Å². The Kier molecular flexibility index (Phi) is 4.68. The normalized spacial score (nSPS) is 13.4. The van der Waals surface area contributed by atoms with Crippen LogP contribution in [0.25, 0.3) is 0 Å². The first-order valence-electron chi connectivity index (χ1n) is 6.48. The molecule has 0 aliphatic heterocycles. The van der Waals surface area contributed by atoms with E-state index < -0.39 is 23.6 Å². The molecule has 0 aliphatic rings. The minimum absolute atomic E-state index is 0.0180. The van der Waals surface area contributed by atoms with Gasteiger partial charge < -0.3 is 5.32 Å². The molecule has 1 aromatic carbocycles. The number of hydrogen-bond donors (Lipinski definition) is 1. The minimum Gasteiger partial charge on any atom is -0.306 e. The van der Waals surface area contributed by atoms with E-state index in [2.05, 4.69) is 5.32 Å². The van der Waals surface area contributed by atoms with E-state index in [-0.39, 0.29) is 5.56 Å². The molecule has 0 radical (unpaired) electrons. The van der Waals surface area contributed by atoms with Crippen LogP contribution in [0.5, 0.6) is 0 Å². The lowest BCUT2D eigenvalue weighted by Gasteiger charge is -2.20. The number of hydrogen-bond acceptors (Lipinski definition) is 2. The molecule has 0 spiro atoms. The van der Waals surface area contributed by atoms with Gasteiger partial charge in [0.2, 0.25) is 0 Å². The van der Waals surface area contributed by atoms with Gasteiger partial charge in [-0.05, 0) is 36.5 Å². The van der Waals surface area contributed by atoms with Crippen molar-refractivity contribution < 1.29 is 17.6 Å². The van der Waals surface area contributed by atoms with E-state index in [1.165, 1.54) is 23.5 Å². The first-order chi connectivity index (χ1) is 9.84. The van der Waals surface area contributed by atoms with Gasteiger partial charge in [-0.2, -0.15) is 13.2 Å². The van der Waals surface area contributed by atoms with Gasteiger partial charge in [0.15, 0.2) is 0 Å². The van der Waals surface area contributed by atoms with Crippen molar-refractivity contribution in [1.29, 1.82) is 0 Å². The topological polar surface area (TPSA) is 12.0 Å². The van der Waals surface area contributed by atoms with Gasteiger partial charge in [-0.15, -0.1) is 11.3 Å². The molecular formula is C15H15F4NS. The largest absolute Gasteiger partial charge is 0.419 e. The lowest BCUT2D eigenvalue weighted by atomic mass is 9.97. The fourth-order valence-electron chi connectivity index (χ4n) is 2.22. The van der Waals surface area contributed by atoms with E-state index in [4.69, 9.17) is 0 Å². The molecule has 1 aromatic heterocycles. The van der Waals surface area contributed by atoms with Gasteiger partial charge in [-0.1, -0.05) is 19.1 Å². The first-order valence-corrected chi connectivity index (χ1v) is 7.36. The van der Waals surface area contributed by atoms with Gasteiger partial charge >= 0.3 is 6.18 Å². The van der Waals surface area contributed by atoms with Crippen molar-refractivity contribution in [2.45, 2.75) is 26.1 Å². The molecule has 2 rings (SSSR count).